The molecule has 1 saturated heterocycles. The summed E-state index contributed by atoms with van der Waals surface area (Å²) in [6.07, 6.45) is 5.76. The van der Waals surface area contributed by atoms with Gasteiger partial charge in [-0.05, 0) is 38.1 Å². The van der Waals surface area contributed by atoms with E-state index in [4.69, 9.17) is 0 Å². The van der Waals surface area contributed by atoms with Crippen LogP contribution in [0.4, 0.5) is 0 Å². The highest BCUT2D eigenvalue weighted by atomic mass is 15.2. The summed E-state index contributed by atoms with van der Waals surface area (Å²) in [5.74, 6) is 0.976. The SMILES string of the molecule is CCN(C1CCC(C)CC1)C1CNC1. The Morgan fingerprint density at radius 2 is 1.71 bits per heavy atom. The summed E-state index contributed by atoms with van der Waals surface area (Å²) < 4.78 is 0. The molecular weight excluding hydrogens is 172 g/mol. The van der Waals surface area contributed by atoms with Gasteiger partial charge in [0.15, 0.2) is 0 Å². The first-order valence-corrected chi connectivity index (χ1v) is 6.27. The largest absolute Gasteiger partial charge is 0.314 e. The predicted molar refractivity (Wildman–Crippen MR) is 60.5 cm³/mol. The first-order chi connectivity index (χ1) is 6.81. The lowest BCUT2D eigenvalue weighted by Gasteiger charge is -2.44. The van der Waals surface area contributed by atoms with E-state index in [-0.39, 0.29) is 0 Å². The van der Waals surface area contributed by atoms with Crippen molar-refractivity contribution in [3.63, 3.8) is 0 Å². The molecule has 0 aromatic rings. The second-order valence-corrected chi connectivity index (χ2v) is 5.06. The lowest BCUT2D eigenvalue weighted by atomic mass is 9.85. The average Bonchev–Trinajstić information content (AvgIpc) is 2.13. The molecule has 82 valence electrons. The van der Waals surface area contributed by atoms with Crippen LogP contribution in [0.1, 0.15) is 39.5 Å². The van der Waals surface area contributed by atoms with Crippen molar-refractivity contribution < 1.29 is 0 Å². The molecule has 1 aliphatic heterocycles. The molecule has 1 N–H and O–H groups in total. The highest BCUT2D eigenvalue weighted by molar-refractivity contribution is 4.89. The number of rotatable bonds is 3. The Morgan fingerprint density at radius 3 is 2.14 bits per heavy atom. The molecule has 0 spiro atoms. The Labute approximate surface area is 88.1 Å². The second-order valence-electron chi connectivity index (χ2n) is 5.06. The van der Waals surface area contributed by atoms with Crippen molar-refractivity contribution in [1.82, 2.24) is 10.2 Å². The normalized spacial score (nSPS) is 34.5. The Morgan fingerprint density at radius 1 is 1.07 bits per heavy atom. The van der Waals surface area contributed by atoms with Crippen LogP contribution in [0.2, 0.25) is 0 Å². The molecule has 0 bridgehead atoms. The maximum atomic E-state index is 3.38. The van der Waals surface area contributed by atoms with Crippen molar-refractivity contribution >= 4 is 0 Å². The molecule has 1 aliphatic carbocycles. The van der Waals surface area contributed by atoms with Crippen LogP contribution in [-0.4, -0.2) is 36.6 Å². The molecule has 0 atom stereocenters. The van der Waals surface area contributed by atoms with Gasteiger partial charge >= 0.3 is 0 Å². The quantitative estimate of drug-likeness (QED) is 0.741. The lowest BCUT2D eigenvalue weighted by Crippen LogP contribution is -2.60. The fraction of sp³-hybridized carbons (Fsp3) is 1.00. The molecule has 1 heterocycles. The van der Waals surface area contributed by atoms with Gasteiger partial charge < -0.3 is 5.32 Å². The van der Waals surface area contributed by atoms with Gasteiger partial charge in [-0.3, -0.25) is 4.90 Å². The van der Waals surface area contributed by atoms with E-state index in [0.717, 1.165) is 18.0 Å². The van der Waals surface area contributed by atoms with Crippen LogP contribution in [0.5, 0.6) is 0 Å². The number of nitrogens with zero attached hydrogens (tertiary/aromatic N) is 1. The molecule has 14 heavy (non-hydrogen) atoms. The molecule has 2 nitrogen and oxygen atoms in total. The zero-order chi connectivity index (χ0) is 9.97. The van der Waals surface area contributed by atoms with Crippen LogP contribution in [0.25, 0.3) is 0 Å². The smallest absolute Gasteiger partial charge is 0.0348 e. The van der Waals surface area contributed by atoms with Crippen molar-refractivity contribution in [3.05, 3.63) is 0 Å². The molecule has 0 unspecified atom stereocenters. The van der Waals surface area contributed by atoms with Crippen molar-refractivity contribution in [2.45, 2.75) is 51.6 Å². The highest BCUT2D eigenvalue weighted by Gasteiger charge is 2.30. The third-order valence-electron chi connectivity index (χ3n) is 4.05. The summed E-state index contributed by atoms with van der Waals surface area (Å²) in [4.78, 5) is 2.74. The second kappa shape index (κ2) is 4.63. The number of hydrogen-bond acceptors (Lipinski definition) is 2. The number of likely N-dealkylation sites (N-methyl/N-ethyl adjacent to an activating group) is 1. The minimum Gasteiger partial charge on any atom is -0.314 e. The van der Waals surface area contributed by atoms with E-state index >= 15 is 0 Å². The molecule has 1 saturated carbocycles. The molecule has 0 aromatic heterocycles. The van der Waals surface area contributed by atoms with E-state index in [1.54, 1.807) is 0 Å². The minimum atomic E-state index is 0.846. The van der Waals surface area contributed by atoms with Gasteiger partial charge in [0.2, 0.25) is 0 Å². The first kappa shape index (κ1) is 10.4. The summed E-state index contributed by atoms with van der Waals surface area (Å²) in [6.45, 7) is 8.40. The topological polar surface area (TPSA) is 15.3 Å². The summed E-state index contributed by atoms with van der Waals surface area (Å²) in [6, 6.07) is 1.74. The summed E-state index contributed by atoms with van der Waals surface area (Å²) in [7, 11) is 0. The van der Waals surface area contributed by atoms with E-state index in [9.17, 15) is 0 Å². The fourth-order valence-electron chi connectivity index (χ4n) is 2.90. The van der Waals surface area contributed by atoms with Crippen LogP contribution < -0.4 is 5.32 Å². The molecular formula is C12H24N2. The number of nitrogens with one attached hydrogen (secondary N) is 1. The Balaban J connectivity index is 1.84. The van der Waals surface area contributed by atoms with E-state index in [1.165, 1.54) is 45.3 Å². The fourth-order valence-corrected chi connectivity index (χ4v) is 2.90. The lowest BCUT2D eigenvalue weighted by molar-refractivity contribution is 0.0708. The van der Waals surface area contributed by atoms with Crippen molar-refractivity contribution in [1.29, 1.82) is 0 Å². The van der Waals surface area contributed by atoms with Gasteiger partial charge in [-0.15, -0.1) is 0 Å². The summed E-state index contributed by atoms with van der Waals surface area (Å²) >= 11 is 0. The van der Waals surface area contributed by atoms with E-state index in [2.05, 4.69) is 24.1 Å². The molecule has 0 radical (unpaired) electrons. The van der Waals surface area contributed by atoms with Gasteiger partial charge in [-0.25, -0.2) is 0 Å². The van der Waals surface area contributed by atoms with Gasteiger partial charge in [0.1, 0.15) is 0 Å². The molecule has 0 aromatic carbocycles. The molecule has 2 fully saturated rings. The Kier molecular flexibility index (Phi) is 3.45. The average molecular weight is 196 g/mol. The van der Waals surface area contributed by atoms with Crippen LogP contribution in [-0.2, 0) is 0 Å². The Hall–Kier alpha value is -0.0800. The molecule has 2 rings (SSSR count). The maximum absolute atomic E-state index is 3.38. The van der Waals surface area contributed by atoms with Crippen molar-refractivity contribution in [3.8, 4) is 0 Å². The van der Waals surface area contributed by atoms with Crippen molar-refractivity contribution in [2.75, 3.05) is 19.6 Å². The first-order valence-electron chi connectivity index (χ1n) is 6.27. The standard InChI is InChI=1S/C12H24N2/c1-3-14(12-8-13-9-12)11-6-4-10(2)5-7-11/h10-13H,3-9H2,1-2H3. The Bertz CT molecular complexity index is 169. The van der Waals surface area contributed by atoms with Gasteiger partial charge in [-0.1, -0.05) is 13.8 Å². The van der Waals surface area contributed by atoms with Crippen LogP contribution in [0.3, 0.4) is 0 Å². The van der Waals surface area contributed by atoms with Crippen LogP contribution in [0.15, 0.2) is 0 Å². The molecule has 2 aliphatic rings. The molecule has 0 amide bonds. The van der Waals surface area contributed by atoms with E-state index < -0.39 is 0 Å². The third-order valence-corrected chi connectivity index (χ3v) is 4.05. The van der Waals surface area contributed by atoms with Gasteiger partial charge in [0.05, 0.1) is 0 Å². The zero-order valence-corrected chi connectivity index (χ0v) is 9.63. The minimum absolute atomic E-state index is 0.846. The van der Waals surface area contributed by atoms with Crippen LogP contribution >= 0.6 is 0 Å². The number of hydrogen-bond donors (Lipinski definition) is 1. The maximum Gasteiger partial charge on any atom is 0.0348 e. The summed E-state index contributed by atoms with van der Waals surface area (Å²) in [5.41, 5.74) is 0. The van der Waals surface area contributed by atoms with Gasteiger partial charge in [0, 0.05) is 25.2 Å². The summed E-state index contributed by atoms with van der Waals surface area (Å²) in [5, 5.41) is 3.38. The van der Waals surface area contributed by atoms with Crippen LogP contribution in [0, 0.1) is 5.92 Å². The van der Waals surface area contributed by atoms with Crippen molar-refractivity contribution in [2.24, 2.45) is 5.92 Å². The van der Waals surface area contributed by atoms with Gasteiger partial charge in [0.25, 0.3) is 0 Å². The van der Waals surface area contributed by atoms with E-state index in [0.29, 0.717) is 0 Å². The molecule has 2 heteroatoms. The zero-order valence-electron chi connectivity index (χ0n) is 9.63. The van der Waals surface area contributed by atoms with Gasteiger partial charge in [-0.2, -0.15) is 0 Å². The van der Waals surface area contributed by atoms with E-state index in [1.807, 2.05) is 0 Å². The highest BCUT2D eigenvalue weighted by Crippen LogP contribution is 2.28. The monoisotopic (exact) mass is 196 g/mol. The predicted octanol–water partition coefficient (Wildman–Crippen LogP) is 1.86. The third kappa shape index (κ3) is 2.12.